The quantitative estimate of drug-likeness (QED) is 0.448. The first-order chi connectivity index (χ1) is 12.5. The molecule has 26 heavy (non-hydrogen) atoms. The van der Waals surface area contributed by atoms with Crippen LogP contribution in [0.25, 0.3) is 0 Å². The maximum absolute atomic E-state index is 11.9. The molecule has 2 rings (SSSR count). The number of hydrazone groups is 1. The van der Waals surface area contributed by atoms with Crippen LogP contribution in [0.15, 0.2) is 53.6 Å². The summed E-state index contributed by atoms with van der Waals surface area (Å²) in [5.74, 6) is -0.407. The number of carbonyl (C=O) groups excluding carboxylic acids is 1. The highest BCUT2D eigenvalue weighted by Gasteiger charge is 2.14. The molecule has 2 aromatic rings. The zero-order valence-electron chi connectivity index (χ0n) is 14.9. The number of para-hydroxylation sites is 1. The lowest BCUT2D eigenvalue weighted by Gasteiger charge is -2.20. The first kappa shape index (κ1) is 19.1. The van der Waals surface area contributed by atoms with E-state index >= 15 is 0 Å². The van der Waals surface area contributed by atoms with Crippen molar-refractivity contribution in [3.05, 3.63) is 69.8 Å². The number of carbonyl (C=O) groups is 1. The van der Waals surface area contributed by atoms with Gasteiger partial charge in [-0.25, -0.2) is 5.43 Å². The van der Waals surface area contributed by atoms with Crippen LogP contribution in [0.1, 0.15) is 25.0 Å². The summed E-state index contributed by atoms with van der Waals surface area (Å²) in [6, 6.07) is 14.0. The summed E-state index contributed by atoms with van der Waals surface area (Å²) in [5.41, 5.74) is 4.67. The minimum absolute atomic E-state index is 0.0707. The van der Waals surface area contributed by atoms with Crippen LogP contribution in [-0.4, -0.2) is 30.1 Å². The van der Waals surface area contributed by atoms with Crippen LogP contribution >= 0.6 is 0 Å². The molecule has 0 atom stereocenters. The highest BCUT2D eigenvalue weighted by atomic mass is 16.6. The van der Waals surface area contributed by atoms with Gasteiger partial charge in [0.05, 0.1) is 17.6 Å². The number of benzene rings is 2. The highest BCUT2D eigenvalue weighted by molar-refractivity contribution is 5.84. The second kappa shape index (κ2) is 9.31. The Labute approximate surface area is 152 Å². The molecule has 0 unspecified atom stereocenters. The Morgan fingerprint density at radius 2 is 1.81 bits per heavy atom. The third kappa shape index (κ3) is 5.14. The molecule has 0 aromatic heterocycles. The van der Waals surface area contributed by atoms with Gasteiger partial charge < -0.3 is 4.90 Å². The number of rotatable bonds is 8. The van der Waals surface area contributed by atoms with Crippen molar-refractivity contribution < 1.29 is 9.72 Å². The number of nitro benzene ring substituents is 1. The molecule has 2 aromatic carbocycles. The molecule has 0 spiro atoms. The average molecular weight is 354 g/mol. The molecule has 0 aliphatic rings. The molecular formula is C19H22N4O3. The van der Waals surface area contributed by atoms with E-state index in [1.165, 1.54) is 6.07 Å². The van der Waals surface area contributed by atoms with Gasteiger partial charge in [0.15, 0.2) is 0 Å². The Balaban J connectivity index is 1.94. The second-order valence-electron chi connectivity index (χ2n) is 5.62. The molecule has 0 heterocycles. The molecule has 0 aliphatic carbocycles. The summed E-state index contributed by atoms with van der Waals surface area (Å²) < 4.78 is 0. The Morgan fingerprint density at radius 1 is 1.15 bits per heavy atom. The number of anilines is 1. The number of nitro groups is 1. The maximum atomic E-state index is 11.9. The van der Waals surface area contributed by atoms with Crippen LogP contribution in [0.4, 0.5) is 11.4 Å². The van der Waals surface area contributed by atoms with Gasteiger partial charge in [0.25, 0.3) is 5.69 Å². The van der Waals surface area contributed by atoms with Gasteiger partial charge in [-0.3, -0.25) is 14.9 Å². The third-order valence-electron chi connectivity index (χ3n) is 3.96. The SMILES string of the molecule is CCN(CC)c1ccc(C=NNC(=O)Cc2ccccc2[N+](=O)[O-])cc1. The molecule has 0 radical (unpaired) electrons. The Morgan fingerprint density at radius 3 is 2.42 bits per heavy atom. The fourth-order valence-corrected chi connectivity index (χ4v) is 2.59. The van der Waals surface area contributed by atoms with Crippen LogP contribution < -0.4 is 10.3 Å². The van der Waals surface area contributed by atoms with Gasteiger partial charge in [-0.2, -0.15) is 5.10 Å². The Hall–Kier alpha value is -3.22. The molecule has 136 valence electrons. The molecule has 7 nitrogen and oxygen atoms in total. The first-order valence-corrected chi connectivity index (χ1v) is 8.44. The van der Waals surface area contributed by atoms with Crippen LogP contribution in [0.5, 0.6) is 0 Å². The maximum Gasteiger partial charge on any atom is 0.273 e. The number of amides is 1. The van der Waals surface area contributed by atoms with Gasteiger partial charge in [-0.05, 0) is 31.5 Å². The van der Waals surface area contributed by atoms with E-state index in [-0.39, 0.29) is 12.1 Å². The molecule has 7 heteroatoms. The third-order valence-corrected chi connectivity index (χ3v) is 3.96. The average Bonchev–Trinajstić information content (AvgIpc) is 2.64. The van der Waals surface area contributed by atoms with Crippen molar-refractivity contribution in [1.29, 1.82) is 0 Å². The fourth-order valence-electron chi connectivity index (χ4n) is 2.59. The molecule has 0 fully saturated rings. The molecule has 0 saturated carbocycles. The first-order valence-electron chi connectivity index (χ1n) is 8.44. The Bertz CT molecular complexity index is 784. The zero-order chi connectivity index (χ0) is 18.9. The summed E-state index contributed by atoms with van der Waals surface area (Å²) in [7, 11) is 0. The van der Waals surface area contributed by atoms with Crippen molar-refractivity contribution in [2.24, 2.45) is 5.10 Å². The van der Waals surface area contributed by atoms with Gasteiger partial charge in [-0.15, -0.1) is 0 Å². The molecule has 0 saturated heterocycles. The molecule has 1 amide bonds. The summed E-state index contributed by atoms with van der Waals surface area (Å²) in [6.07, 6.45) is 1.44. The molecule has 0 bridgehead atoms. The van der Waals surface area contributed by atoms with E-state index in [0.29, 0.717) is 5.56 Å². The van der Waals surface area contributed by atoms with Crippen molar-refractivity contribution in [1.82, 2.24) is 5.43 Å². The summed E-state index contributed by atoms with van der Waals surface area (Å²) >= 11 is 0. The minimum Gasteiger partial charge on any atom is -0.372 e. The predicted molar refractivity (Wildman–Crippen MR) is 103 cm³/mol. The number of nitrogens with one attached hydrogen (secondary N) is 1. The number of hydrogen-bond donors (Lipinski definition) is 1. The normalized spacial score (nSPS) is 10.7. The predicted octanol–water partition coefficient (Wildman–Crippen LogP) is 3.13. The smallest absolute Gasteiger partial charge is 0.273 e. The standard InChI is InChI=1S/C19H22N4O3/c1-3-22(4-2)17-11-9-15(10-12-17)14-20-21-19(24)13-16-7-5-6-8-18(16)23(25)26/h5-12,14H,3-4,13H2,1-2H3,(H,21,24). The highest BCUT2D eigenvalue weighted by Crippen LogP contribution is 2.18. The summed E-state index contributed by atoms with van der Waals surface area (Å²) in [5, 5.41) is 14.9. The van der Waals surface area contributed by atoms with E-state index < -0.39 is 10.8 Å². The van der Waals surface area contributed by atoms with E-state index in [0.717, 1.165) is 24.3 Å². The van der Waals surface area contributed by atoms with Crippen molar-refractivity contribution in [3.8, 4) is 0 Å². The fraction of sp³-hybridized carbons (Fsp3) is 0.263. The van der Waals surface area contributed by atoms with Gasteiger partial charge in [0.2, 0.25) is 5.91 Å². The van der Waals surface area contributed by atoms with Gasteiger partial charge in [0, 0.05) is 30.4 Å². The van der Waals surface area contributed by atoms with Crippen molar-refractivity contribution in [2.45, 2.75) is 20.3 Å². The minimum atomic E-state index is -0.497. The lowest BCUT2D eigenvalue weighted by molar-refractivity contribution is -0.385. The van der Waals surface area contributed by atoms with Crippen molar-refractivity contribution >= 4 is 23.5 Å². The second-order valence-corrected chi connectivity index (χ2v) is 5.62. The van der Waals surface area contributed by atoms with Gasteiger partial charge in [0.1, 0.15) is 0 Å². The number of hydrogen-bond acceptors (Lipinski definition) is 5. The molecular weight excluding hydrogens is 332 g/mol. The largest absolute Gasteiger partial charge is 0.372 e. The molecule has 0 aliphatic heterocycles. The topological polar surface area (TPSA) is 87.8 Å². The van der Waals surface area contributed by atoms with Crippen molar-refractivity contribution in [2.75, 3.05) is 18.0 Å². The van der Waals surface area contributed by atoms with E-state index in [9.17, 15) is 14.9 Å². The summed E-state index contributed by atoms with van der Waals surface area (Å²) in [6.45, 7) is 6.08. The van der Waals surface area contributed by atoms with Gasteiger partial charge >= 0.3 is 0 Å². The van der Waals surface area contributed by atoms with E-state index in [1.807, 2.05) is 24.3 Å². The Kier molecular flexibility index (Phi) is 6.84. The lowest BCUT2D eigenvalue weighted by atomic mass is 10.1. The van der Waals surface area contributed by atoms with Crippen LogP contribution in [-0.2, 0) is 11.2 Å². The number of nitrogens with zero attached hydrogens (tertiary/aromatic N) is 3. The van der Waals surface area contributed by atoms with Crippen molar-refractivity contribution in [3.63, 3.8) is 0 Å². The van der Waals surface area contributed by atoms with Crippen LogP contribution in [0.2, 0.25) is 0 Å². The van der Waals surface area contributed by atoms with E-state index in [2.05, 4.69) is 29.3 Å². The monoisotopic (exact) mass is 354 g/mol. The van der Waals surface area contributed by atoms with Crippen LogP contribution in [0.3, 0.4) is 0 Å². The zero-order valence-corrected chi connectivity index (χ0v) is 14.9. The van der Waals surface area contributed by atoms with E-state index in [4.69, 9.17) is 0 Å². The van der Waals surface area contributed by atoms with E-state index in [1.54, 1.807) is 24.4 Å². The lowest BCUT2D eigenvalue weighted by Crippen LogP contribution is -2.21. The van der Waals surface area contributed by atoms with Crippen LogP contribution in [0, 0.1) is 10.1 Å². The molecule has 1 N–H and O–H groups in total. The van der Waals surface area contributed by atoms with Gasteiger partial charge in [-0.1, -0.05) is 30.3 Å². The summed E-state index contributed by atoms with van der Waals surface area (Å²) in [4.78, 5) is 24.6.